The van der Waals surface area contributed by atoms with Gasteiger partial charge in [0, 0.05) is 49.8 Å². The van der Waals surface area contributed by atoms with Crippen LogP contribution in [-0.2, 0) is 14.6 Å². The van der Waals surface area contributed by atoms with Gasteiger partial charge in [-0.15, -0.1) is 0 Å². The summed E-state index contributed by atoms with van der Waals surface area (Å²) in [7, 11) is -3.13. The lowest BCUT2D eigenvalue weighted by Crippen LogP contribution is -2.45. The Balaban J connectivity index is 1.62. The number of rotatable bonds is 6. The molecule has 1 fully saturated rings. The molecule has 156 valence electrons. The average molecular weight is 437 g/mol. The van der Waals surface area contributed by atoms with Gasteiger partial charge in [-0.3, -0.25) is 9.78 Å². The number of sulfone groups is 1. The summed E-state index contributed by atoms with van der Waals surface area (Å²) in [6.45, 7) is 3.48. The number of halogens is 1. The molecule has 1 aliphatic heterocycles. The number of amides is 1. The molecule has 3 heterocycles. The van der Waals surface area contributed by atoms with E-state index in [1.54, 1.807) is 12.4 Å². The number of nitrogens with zero attached hydrogens (tertiary/aromatic N) is 3. The van der Waals surface area contributed by atoms with E-state index in [0.29, 0.717) is 5.02 Å². The molecule has 1 N–H and O–H groups in total. The van der Waals surface area contributed by atoms with Gasteiger partial charge < -0.3 is 10.2 Å². The second kappa shape index (κ2) is 9.09. The minimum atomic E-state index is -3.13. The highest BCUT2D eigenvalue weighted by molar-refractivity contribution is 7.90. The molecule has 29 heavy (non-hydrogen) atoms. The van der Waals surface area contributed by atoms with Gasteiger partial charge >= 0.3 is 0 Å². The van der Waals surface area contributed by atoms with Crippen LogP contribution in [0.15, 0.2) is 30.6 Å². The van der Waals surface area contributed by atoms with Gasteiger partial charge in [0.25, 0.3) is 0 Å². The minimum absolute atomic E-state index is 0.00454. The number of hydrogen-bond acceptors (Lipinski definition) is 6. The van der Waals surface area contributed by atoms with E-state index in [1.807, 2.05) is 25.1 Å². The molecule has 0 saturated carbocycles. The van der Waals surface area contributed by atoms with Crippen molar-refractivity contribution in [3.05, 3.63) is 41.2 Å². The lowest BCUT2D eigenvalue weighted by Gasteiger charge is -2.33. The maximum Gasteiger partial charge on any atom is 0.221 e. The zero-order valence-electron chi connectivity index (χ0n) is 16.6. The maximum absolute atomic E-state index is 12.0. The first-order valence-corrected chi connectivity index (χ1v) is 12.0. The number of hydrogen-bond donors (Lipinski definition) is 1. The summed E-state index contributed by atoms with van der Waals surface area (Å²) in [6, 6.07) is 5.89. The number of aromatic nitrogens is 2. The fraction of sp³-hybridized carbons (Fsp3) is 0.450. The Labute approximate surface area is 176 Å². The Bertz CT molecular complexity index is 989. The van der Waals surface area contributed by atoms with Crippen LogP contribution in [-0.4, -0.2) is 55.4 Å². The highest BCUT2D eigenvalue weighted by Crippen LogP contribution is 2.31. The van der Waals surface area contributed by atoms with Crippen LogP contribution in [0.3, 0.4) is 0 Å². The number of anilines is 1. The quantitative estimate of drug-likeness (QED) is 0.748. The van der Waals surface area contributed by atoms with Crippen molar-refractivity contribution < 1.29 is 13.2 Å². The summed E-state index contributed by atoms with van der Waals surface area (Å²) in [5.41, 5.74) is 2.74. The number of carbonyl (C=O) groups excluding carboxylic acids is 1. The molecule has 0 radical (unpaired) electrons. The van der Waals surface area contributed by atoms with Gasteiger partial charge in [-0.25, -0.2) is 13.4 Å². The Hall–Kier alpha value is -2.19. The Morgan fingerprint density at radius 2 is 2.03 bits per heavy atom. The molecule has 9 heteroatoms. The summed E-state index contributed by atoms with van der Waals surface area (Å²) in [5.74, 6) is 0.491. The zero-order valence-corrected chi connectivity index (χ0v) is 18.1. The molecule has 7 nitrogen and oxygen atoms in total. The largest absolute Gasteiger partial charge is 0.356 e. The van der Waals surface area contributed by atoms with Gasteiger partial charge in [0.2, 0.25) is 5.91 Å². The monoisotopic (exact) mass is 436 g/mol. The van der Waals surface area contributed by atoms with Gasteiger partial charge in [0.05, 0.1) is 16.5 Å². The smallest absolute Gasteiger partial charge is 0.221 e. The molecular formula is C20H25ClN4O3S. The van der Waals surface area contributed by atoms with Gasteiger partial charge in [-0.1, -0.05) is 17.7 Å². The normalized spacial score (nSPS) is 15.3. The summed E-state index contributed by atoms with van der Waals surface area (Å²) in [5, 5.41) is 3.49. The number of carbonyl (C=O) groups is 1. The van der Waals surface area contributed by atoms with Gasteiger partial charge in [0.1, 0.15) is 15.7 Å². The second-order valence-corrected chi connectivity index (χ2v) is 10.1. The third-order valence-electron chi connectivity index (χ3n) is 4.99. The van der Waals surface area contributed by atoms with Crippen molar-refractivity contribution in [1.82, 2.24) is 15.3 Å². The molecule has 1 saturated heterocycles. The predicted octanol–water partition coefficient (Wildman–Crippen LogP) is 2.63. The fourth-order valence-corrected chi connectivity index (χ4v) is 4.13. The van der Waals surface area contributed by atoms with E-state index in [4.69, 9.17) is 11.6 Å². The lowest BCUT2D eigenvalue weighted by molar-refractivity contribution is -0.121. The maximum atomic E-state index is 12.0. The van der Waals surface area contributed by atoms with Crippen LogP contribution in [0, 0.1) is 6.92 Å². The highest BCUT2D eigenvalue weighted by atomic mass is 35.5. The van der Waals surface area contributed by atoms with Crippen LogP contribution in [0.2, 0.25) is 5.02 Å². The van der Waals surface area contributed by atoms with Crippen molar-refractivity contribution >= 4 is 33.2 Å². The Morgan fingerprint density at radius 3 is 2.69 bits per heavy atom. The highest BCUT2D eigenvalue weighted by Gasteiger charge is 2.23. The van der Waals surface area contributed by atoms with Crippen molar-refractivity contribution in [2.24, 2.45) is 0 Å². The summed E-state index contributed by atoms with van der Waals surface area (Å²) < 4.78 is 22.4. The molecule has 0 aliphatic carbocycles. The topological polar surface area (TPSA) is 92.3 Å². The van der Waals surface area contributed by atoms with E-state index in [-0.39, 0.29) is 24.1 Å². The molecule has 1 amide bonds. The van der Waals surface area contributed by atoms with Crippen LogP contribution in [0.5, 0.6) is 0 Å². The molecule has 0 bridgehead atoms. The van der Waals surface area contributed by atoms with Crippen molar-refractivity contribution in [2.45, 2.75) is 32.2 Å². The minimum Gasteiger partial charge on any atom is -0.356 e. The van der Waals surface area contributed by atoms with Crippen LogP contribution < -0.4 is 10.2 Å². The number of pyridine rings is 2. The number of nitrogens with one attached hydrogen (secondary N) is 1. The molecule has 1 aliphatic rings. The number of aryl methyl sites for hydroxylation is 1. The van der Waals surface area contributed by atoms with E-state index in [9.17, 15) is 13.2 Å². The first-order valence-electron chi connectivity index (χ1n) is 9.52. The molecule has 0 spiro atoms. The van der Waals surface area contributed by atoms with E-state index in [2.05, 4.69) is 20.2 Å². The third kappa shape index (κ3) is 5.90. The van der Waals surface area contributed by atoms with Crippen LogP contribution >= 0.6 is 11.6 Å². The van der Waals surface area contributed by atoms with Crippen molar-refractivity contribution in [3.8, 4) is 11.3 Å². The van der Waals surface area contributed by atoms with E-state index < -0.39 is 9.84 Å². The van der Waals surface area contributed by atoms with Crippen LogP contribution in [0.25, 0.3) is 11.3 Å². The van der Waals surface area contributed by atoms with Gasteiger partial charge in [-0.05, 0) is 37.5 Å². The standard InChI is InChI=1S/C20H25ClN4O3S/c1-14-4-3-8-22-20(14)16-12-18(23-13-17(16)21)25-9-5-15(6-10-25)24-19(26)7-11-29(2,27)28/h3-4,8,12-13,15H,5-7,9-11H2,1-2H3,(H,24,26). The Morgan fingerprint density at radius 1 is 1.31 bits per heavy atom. The fourth-order valence-electron chi connectivity index (χ4n) is 3.38. The average Bonchev–Trinajstić information content (AvgIpc) is 2.68. The molecule has 3 rings (SSSR count). The molecule has 2 aromatic rings. The molecule has 2 aromatic heterocycles. The summed E-state index contributed by atoms with van der Waals surface area (Å²) in [6.07, 6.45) is 6.08. The van der Waals surface area contributed by atoms with Crippen LogP contribution in [0.1, 0.15) is 24.8 Å². The lowest BCUT2D eigenvalue weighted by atomic mass is 10.0. The molecule has 0 atom stereocenters. The Kier molecular flexibility index (Phi) is 6.74. The first-order chi connectivity index (χ1) is 13.7. The van der Waals surface area contributed by atoms with E-state index in [0.717, 1.165) is 54.8 Å². The van der Waals surface area contributed by atoms with Crippen molar-refractivity contribution in [3.63, 3.8) is 0 Å². The number of piperidine rings is 1. The van der Waals surface area contributed by atoms with Crippen LogP contribution in [0.4, 0.5) is 5.82 Å². The van der Waals surface area contributed by atoms with Crippen molar-refractivity contribution in [1.29, 1.82) is 0 Å². The third-order valence-corrected chi connectivity index (χ3v) is 6.24. The van der Waals surface area contributed by atoms with E-state index >= 15 is 0 Å². The SMILES string of the molecule is Cc1cccnc1-c1cc(N2CCC(NC(=O)CCS(C)(=O)=O)CC2)ncc1Cl. The molecular weight excluding hydrogens is 412 g/mol. The van der Waals surface area contributed by atoms with Gasteiger partial charge in [-0.2, -0.15) is 0 Å². The second-order valence-electron chi connectivity index (χ2n) is 7.40. The van der Waals surface area contributed by atoms with Gasteiger partial charge in [0.15, 0.2) is 0 Å². The summed E-state index contributed by atoms with van der Waals surface area (Å²) in [4.78, 5) is 23.0. The molecule has 0 aromatic carbocycles. The van der Waals surface area contributed by atoms with Crippen molar-refractivity contribution in [2.75, 3.05) is 30.0 Å². The first kappa shape index (κ1) is 21.5. The zero-order chi connectivity index (χ0) is 21.0. The van der Waals surface area contributed by atoms with E-state index in [1.165, 1.54) is 0 Å². The summed E-state index contributed by atoms with van der Waals surface area (Å²) >= 11 is 6.37. The molecule has 0 unspecified atom stereocenters. The predicted molar refractivity (Wildman–Crippen MR) is 115 cm³/mol.